The third-order valence-corrected chi connectivity index (χ3v) is 1.94. The molecule has 0 spiro atoms. The first-order valence-electron chi connectivity index (χ1n) is 3.57. The van der Waals surface area contributed by atoms with Gasteiger partial charge in [0.2, 0.25) is 0 Å². The van der Waals surface area contributed by atoms with Crippen molar-refractivity contribution in [3.63, 3.8) is 0 Å². The molecule has 12 heavy (non-hydrogen) atoms. The molecule has 0 aliphatic carbocycles. The first kappa shape index (κ1) is 9.26. The number of thiol groups is 1. The molecule has 0 bridgehead atoms. The first-order chi connectivity index (χ1) is 5.52. The Morgan fingerprint density at radius 2 is 2.08 bits per heavy atom. The van der Waals surface area contributed by atoms with Crippen LogP contribution in [-0.2, 0) is 0 Å². The summed E-state index contributed by atoms with van der Waals surface area (Å²) in [7, 11) is 0. The highest BCUT2D eigenvalue weighted by Crippen LogP contribution is 2.19. The Labute approximate surface area is 76.5 Å². The lowest BCUT2D eigenvalue weighted by Gasteiger charge is -2.05. The van der Waals surface area contributed by atoms with Crippen LogP contribution in [0.1, 0.15) is 18.1 Å². The van der Waals surface area contributed by atoms with Crippen molar-refractivity contribution in [2.24, 2.45) is 0 Å². The zero-order chi connectivity index (χ0) is 9.30. The Kier molecular flexibility index (Phi) is 2.52. The van der Waals surface area contributed by atoms with Crippen LogP contribution in [0.15, 0.2) is 17.0 Å². The van der Waals surface area contributed by atoms with E-state index in [1.807, 2.05) is 0 Å². The van der Waals surface area contributed by atoms with E-state index < -0.39 is 0 Å². The molecule has 0 unspecified atom stereocenters. The average Bonchev–Trinajstić information content (AvgIpc) is 1.82. The molecule has 0 aliphatic heterocycles. The number of halogens is 1. The monoisotopic (exact) mass is 183 g/mol. The predicted molar refractivity (Wildman–Crippen MR) is 50.9 cm³/mol. The topological polar surface area (TPSA) is 23.9 Å². The van der Waals surface area contributed by atoms with Gasteiger partial charge in [-0.1, -0.05) is 0 Å². The molecular weight excluding hydrogens is 173 g/mol. The molecule has 64 valence electrons. The zero-order valence-corrected chi connectivity index (χ0v) is 7.87. The molecule has 3 heteroatoms. The molecule has 0 saturated carbocycles. The van der Waals surface area contributed by atoms with Crippen LogP contribution in [0.3, 0.4) is 0 Å². The summed E-state index contributed by atoms with van der Waals surface area (Å²) in [5.74, 6) is -0.368. The van der Waals surface area contributed by atoms with E-state index in [0.717, 1.165) is 5.56 Å². The minimum absolute atomic E-state index is 0.206. The van der Waals surface area contributed by atoms with Gasteiger partial charge in [0.05, 0.1) is 0 Å². The van der Waals surface area contributed by atoms with E-state index >= 15 is 0 Å². The van der Waals surface area contributed by atoms with Crippen molar-refractivity contribution in [1.82, 2.24) is 0 Å². The summed E-state index contributed by atoms with van der Waals surface area (Å²) in [6.45, 7) is 3.35. The second-order valence-corrected chi connectivity index (χ2v) is 3.25. The quantitative estimate of drug-likeness (QED) is 0.494. The van der Waals surface area contributed by atoms with Gasteiger partial charge in [-0.05, 0) is 31.5 Å². The Bertz CT molecular complexity index is 310. The number of benzene rings is 1. The molecule has 0 aliphatic rings. The molecule has 0 heterocycles. The van der Waals surface area contributed by atoms with E-state index in [4.69, 9.17) is 5.41 Å². The fraction of sp³-hybridized carbons (Fsp3) is 0.222. The maximum absolute atomic E-state index is 13.2. The highest BCUT2D eigenvalue weighted by Gasteiger charge is 2.08. The Hall–Kier alpha value is -0.830. The highest BCUT2D eigenvalue weighted by molar-refractivity contribution is 7.80. The predicted octanol–water partition coefficient (Wildman–Crippen LogP) is 2.81. The number of hydrogen-bond donors (Lipinski definition) is 2. The van der Waals surface area contributed by atoms with Crippen molar-refractivity contribution in [3.8, 4) is 0 Å². The van der Waals surface area contributed by atoms with Gasteiger partial charge in [0.25, 0.3) is 0 Å². The first-order valence-corrected chi connectivity index (χ1v) is 4.01. The average molecular weight is 183 g/mol. The molecule has 1 aromatic carbocycles. The summed E-state index contributed by atoms with van der Waals surface area (Å²) >= 11 is 4.10. The lowest BCUT2D eigenvalue weighted by atomic mass is 10.1. The van der Waals surface area contributed by atoms with Crippen LogP contribution in [0, 0.1) is 18.2 Å². The van der Waals surface area contributed by atoms with Gasteiger partial charge in [-0.2, -0.15) is 0 Å². The maximum atomic E-state index is 13.2. The largest absolute Gasteiger partial charge is 0.305 e. The normalized spacial score (nSPS) is 10.0. The molecule has 1 aromatic rings. The van der Waals surface area contributed by atoms with Crippen molar-refractivity contribution in [2.75, 3.05) is 0 Å². The van der Waals surface area contributed by atoms with Gasteiger partial charge >= 0.3 is 0 Å². The van der Waals surface area contributed by atoms with E-state index in [1.165, 1.54) is 6.07 Å². The minimum Gasteiger partial charge on any atom is -0.305 e. The van der Waals surface area contributed by atoms with Gasteiger partial charge in [-0.15, -0.1) is 12.6 Å². The summed E-state index contributed by atoms with van der Waals surface area (Å²) in [6.07, 6.45) is 0. The van der Waals surface area contributed by atoms with Gasteiger partial charge in [-0.3, -0.25) is 0 Å². The summed E-state index contributed by atoms with van der Waals surface area (Å²) < 4.78 is 13.2. The summed E-state index contributed by atoms with van der Waals surface area (Å²) in [6, 6.07) is 3.16. The van der Waals surface area contributed by atoms with E-state index in [0.29, 0.717) is 10.5 Å². The van der Waals surface area contributed by atoms with Crippen LogP contribution in [0.5, 0.6) is 0 Å². The van der Waals surface area contributed by atoms with Crippen molar-refractivity contribution in [1.29, 1.82) is 5.41 Å². The van der Waals surface area contributed by atoms with Crippen molar-refractivity contribution in [2.45, 2.75) is 18.7 Å². The molecular formula is C9H10FNS. The van der Waals surface area contributed by atoms with Crippen molar-refractivity contribution in [3.05, 3.63) is 29.1 Å². The van der Waals surface area contributed by atoms with Crippen molar-refractivity contribution < 1.29 is 4.39 Å². The third kappa shape index (κ3) is 1.67. The standard InChI is InChI=1S/C9H10FNS/c1-5-3-7(10)9(6(2)11)8(12)4-5/h3-4,11-12H,1-2H3. The van der Waals surface area contributed by atoms with E-state index in [9.17, 15) is 4.39 Å². The minimum atomic E-state index is -0.368. The maximum Gasteiger partial charge on any atom is 0.133 e. The van der Waals surface area contributed by atoms with Crippen LogP contribution in [0.25, 0.3) is 0 Å². The molecule has 0 amide bonds. The molecule has 0 aromatic heterocycles. The van der Waals surface area contributed by atoms with Gasteiger partial charge in [0, 0.05) is 16.2 Å². The zero-order valence-electron chi connectivity index (χ0n) is 6.98. The summed E-state index contributed by atoms with van der Waals surface area (Å²) in [5, 5.41) is 7.30. The van der Waals surface area contributed by atoms with Gasteiger partial charge in [0.1, 0.15) is 5.82 Å². The van der Waals surface area contributed by atoms with Crippen molar-refractivity contribution >= 4 is 18.3 Å². The SMILES string of the molecule is CC(=N)c1c(F)cc(C)cc1S. The smallest absolute Gasteiger partial charge is 0.133 e. The van der Waals surface area contributed by atoms with Gasteiger partial charge in [-0.25, -0.2) is 4.39 Å². The van der Waals surface area contributed by atoms with Crippen LogP contribution in [-0.4, -0.2) is 5.71 Å². The molecule has 1 N–H and O–H groups in total. The summed E-state index contributed by atoms with van der Waals surface area (Å²) in [4.78, 5) is 0.528. The Morgan fingerprint density at radius 1 is 1.50 bits per heavy atom. The van der Waals surface area contributed by atoms with E-state index in [2.05, 4.69) is 12.6 Å². The summed E-state index contributed by atoms with van der Waals surface area (Å²) in [5.41, 5.74) is 1.32. The Balaban J connectivity index is 3.38. The van der Waals surface area contributed by atoms with E-state index in [1.54, 1.807) is 19.9 Å². The van der Waals surface area contributed by atoms with Crippen LogP contribution < -0.4 is 0 Å². The Morgan fingerprint density at radius 3 is 2.50 bits per heavy atom. The second-order valence-electron chi connectivity index (χ2n) is 2.77. The molecule has 0 radical (unpaired) electrons. The second kappa shape index (κ2) is 3.27. The fourth-order valence-corrected chi connectivity index (χ4v) is 1.57. The molecule has 1 rings (SSSR count). The highest BCUT2D eigenvalue weighted by atomic mass is 32.1. The number of aryl methyl sites for hydroxylation is 1. The van der Waals surface area contributed by atoms with Gasteiger partial charge < -0.3 is 5.41 Å². The fourth-order valence-electron chi connectivity index (χ4n) is 1.10. The van der Waals surface area contributed by atoms with Gasteiger partial charge in [0.15, 0.2) is 0 Å². The van der Waals surface area contributed by atoms with E-state index in [-0.39, 0.29) is 11.5 Å². The molecule has 0 atom stereocenters. The third-order valence-electron chi connectivity index (χ3n) is 1.59. The lowest BCUT2D eigenvalue weighted by molar-refractivity contribution is 0.620. The molecule has 0 fully saturated rings. The number of hydrogen-bond acceptors (Lipinski definition) is 2. The van der Waals surface area contributed by atoms with Crippen LogP contribution in [0.2, 0.25) is 0 Å². The number of rotatable bonds is 1. The number of nitrogens with one attached hydrogen (secondary N) is 1. The molecule has 1 nitrogen and oxygen atoms in total. The van der Waals surface area contributed by atoms with Crippen LogP contribution >= 0.6 is 12.6 Å². The van der Waals surface area contributed by atoms with Crippen LogP contribution in [0.4, 0.5) is 4.39 Å². The molecule has 0 saturated heterocycles. The lowest BCUT2D eigenvalue weighted by Crippen LogP contribution is -1.99.